The van der Waals surface area contributed by atoms with Gasteiger partial charge in [0.2, 0.25) is 0 Å². The predicted molar refractivity (Wildman–Crippen MR) is 29.7 cm³/mol. The zero-order chi connectivity index (χ0) is 5.70. The van der Waals surface area contributed by atoms with Crippen LogP contribution in [-0.4, -0.2) is 0 Å². The van der Waals surface area contributed by atoms with Gasteiger partial charge in [-0.25, -0.2) is 0 Å². The van der Waals surface area contributed by atoms with Crippen LogP contribution in [0.1, 0.15) is 0 Å². The third kappa shape index (κ3) is 3.08. The van der Waals surface area contributed by atoms with Crippen LogP contribution in [0.25, 0.3) is 0 Å². The topological polar surface area (TPSA) is 23.8 Å². The zero-order valence-corrected chi connectivity index (χ0v) is 4.44. The van der Waals surface area contributed by atoms with E-state index in [-0.39, 0.29) is 0 Å². The molecule has 0 saturated carbocycles. The van der Waals surface area contributed by atoms with E-state index in [0.29, 0.717) is 5.57 Å². The summed E-state index contributed by atoms with van der Waals surface area (Å²) in [6.07, 6.45) is 1.43. The SMILES string of the molecule is C=C(C#N)C=CCl. The summed E-state index contributed by atoms with van der Waals surface area (Å²) >= 11 is 5.08. The number of hydrogen-bond acceptors (Lipinski definition) is 1. The summed E-state index contributed by atoms with van der Waals surface area (Å²) in [7, 11) is 0. The Morgan fingerprint density at radius 3 is 2.57 bits per heavy atom. The highest BCUT2D eigenvalue weighted by molar-refractivity contribution is 6.25. The van der Waals surface area contributed by atoms with Crippen molar-refractivity contribution in [2.24, 2.45) is 0 Å². The molecule has 0 bridgehead atoms. The minimum atomic E-state index is 0.370. The number of hydrogen-bond donors (Lipinski definition) is 0. The molecule has 0 heterocycles. The summed E-state index contributed by atoms with van der Waals surface area (Å²) in [5.41, 5.74) is 1.63. The fraction of sp³-hybridized carbons (Fsp3) is 0. The number of nitrogens with zero attached hydrogens (tertiary/aromatic N) is 1. The van der Waals surface area contributed by atoms with Gasteiger partial charge in [0.05, 0.1) is 6.07 Å². The van der Waals surface area contributed by atoms with Gasteiger partial charge in [-0.15, -0.1) is 0 Å². The molecule has 0 amide bonds. The molecule has 0 spiro atoms. The van der Waals surface area contributed by atoms with Gasteiger partial charge in [-0.2, -0.15) is 5.26 Å². The van der Waals surface area contributed by atoms with Crippen LogP contribution in [0, 0.1) is 11.3 Å². The first-order chi connectivity index (χ1) is 3.31. The van der Waals surface area contributed by atoms with Crippen molar-refractivity contribution in [1.82, 2.24) is 0 Å². The second kappa shape index (κ2) is 3.45. The molecule has 0 saturated heterocycles. The highest BCUT2D eigenvalue weighted by Crippen LogP contribution is 1.89. The summed E-state index contributed by atoms with van der Waals surface area (Å²) < 4.78 is 0. The second-order valence-corrected chi connectivity index (χ2v) is 1.18. The molecule has 7 heavy (non-hydrogen) atoms. The molecular weight excluding hydrogens is 110 g/mol. The number of allylic oxidation sites excluding steroid dienone is 2. The van der Waals surface area contributed by atoms with Crippen LogP contribution in [0.5, 0.6) is 0 Å². The lowest BCUT2D eigenvalue weighted by Gasteiger charge is -1.71. The third-order valence-electron chi connectivity index (χ3n) is 0.408. The molecule has 0 atom stereocenters. The molecule has 0 unspecified atom stereocenters. The monoisotopic (exact) mass is 113 g/mol. The third-order valence-corrected chi connectivity index (χ3v) is 0.534. The Labute approximate surface area is 47.5 Å². The van der Waals surface area contributed by atoms with E-state index in [1.54, 1.807) is 6.07 Å². The van der Waals surface area contributed by atoms with Crippen molar-refractivity contribution < 1.29 is 0 Å². The van der Waals surface area contributed by atoms with Crippen LogP contribution < -0.4 is 0 Å². The van der Waals surface area contributed by atoms with Crippen LogP contribution in [0.3, 0.4) is 0 Å². The molecule has 0 aromatic rings. The highest BCUT2D eigenvalue weighted by Gasteiger charge is 1.74. The Bertz CT molecular complexity index is 130. The van der Waals surface area contributed by atoms with Gasteiger partial charge in [0.25, 0.3) is 0 Å². The largest absolute Gasteiger partial charge is 0.192 e. The van der Waals surface area contributed by atoms with Gasteiger partial charge in [0.1, 0.15) is 0 Å². The van der Waals surface area contributed by atoms with E-state index in [9.17, 15) is 0 Å². The zero-order valence-electron chi connectivity index (χ0n) is 3.69. The molecule has 0 fully saturated rings. The maximum atomic E-state index is 8.01. The van der Waals surface area contributed by atoms with Crippen molar-refractivity contribution in [1.29, 1.82) is 5.26 Å². The van der Waals surface area contributed by atoms with E-state index >= 15 is 0 Å². The predicted octanol–water partition coefficient (Wildman–Crippen LogP) is 1.82. The molecular formula is C5H4ClN. The molecule has 0 aliphatic rings. The fourth-order valence-electron chi connectivity index (χ4n) is 0.113. The molecule has 0 aliphatic heterocycles. The van der Waals surface area contributed by atoms with E-state index in [0.717, 1.165) is 0 Å². The lowest BCUT2D eigenvalue weighted by atomic mass is 10.3. The van der Waals surface area contributed by atoms with Gasteiger partial charge in [-0.1, -0.05) is 18.2 Å². The average Bonchev–Trinajstić information content (AvgIpc) is 1.68. The van der Waals surface area contributed by atoms with Crippen molar-refractivity contribution >= 4 is 11.6 Å². The van der Waals surface area contributed by atoms with Crippen LogP contribution in [-0.2, 0) is 0 Å². The van der Waals surface area contributed by atoms with Crippen molar-refractivity contribution in [3.8, 4) is 6.07 Å². The molecule has 36 valence electrons. The van der Waals surface area contributed by atoms with Crippen molar-refractivity contribution in [3.63, 3.8) is 0 Å². The van der Waals surface area contributed by atoms with Crippen molar-refractivity contribution in [3.05, 3.63) is 23.8 Å². The summed E-state index contributed by atoms with van der Waals surface area (Å²) in [5.74, 6) is 0. The van der Waals surface area contributed by atoms with E-state index < -0.39 is 0 Å². The van der Waals surface area contributed by atoms with Gasteiger partial charge < -0.3 is 0 Å². The minimum absolute atomic E-state index is 0.370. The highest BCUT2D eigenvalue weighted by atomic mass is 35.5. The molecule has 2 heteroatoms. The molecule has 1 nitrogen and oxygen atoms in total. The Kier molecular flexibility index (Phi) is 3.09. The Balaban J connectivity index is 3.66. The molecule has 0 aliphatic carbocycles. The Hall–Kier alpha value is -0.740. The lowest BCUT2D eigenvalue weighted by Crippen LogP contribution is -1.59. The quantitative estimate of drug-likeness (QED) is 0.376. The fourth-order valence-corrected chi connectivity index (χ4v) is 0.265. The lowest BCUT2D eigenvalue weighted by molar-refractivity contribution is 1.51. The van der Waals surface area contributed by atoms with Crippen molar-refractivity contribution in [2.45, 2.75) is 0 Å². The van der Waals surface area contributed by atoms with Crippen LogP contribution in [0.2, 0.25) is 0 Å². The summed E-state index contributed by atoms with van der Waals surface area (Å²) in [6.45, 7) is 3.33. The normalized spacial score (nSPS) is 8.57. The van der Waals surface area contributed by atoms with Crippen LogP contribution >= 0.6 is 11.6 Å². The Morgan fingerprint density at radius 2 is 2.43 bits per heavy atom. The first-order valence-corrected chi connectivity index (χ1v) is 2.10. The molecule has 0 aromatic heterocycles. The number of halogens is 1. The summed E-state index contributed by atoms with van der Waals surface area (Å²) in [4.78, 5) is 0. The van der Waals surface area contributed by atoms with E-state index in [2.05, 4.69) is 6.58 Å². The van der Waals surface area contributed by atoms with Crippen molar-refractivity contribution in [2.75, 3.05) is 0 Å². The van der Waals surface area contributed by atoms with Gasteiger partial charge in [0, 0.05) is 11.1 Å². The molecule has 0 rings (SSSR count). The maximum Gasteiger partial charge on any atom is 0.0985 e. The van der Waals surface area contributed by atoms with Gasteiger partial charge in [-0.05, 0) is 6.08 Å². The average molecular weight is 114 g/mol. The smallest absolute Gasteiger partial charge is 0.0985 e. The molecule has 0 radical (unpaired) electrons. The molecule has 0 N–H and O–H groups in total. The summed E-state index contributed by atoms with van der Waals surface area (Å²) in [6, 6.07) is 1.80. The first-order valence-electron chi connectivity index (χ1n) is 1.67. The second-order valence-electron chi connectivity index (χ2n) is 0.930. The first kappa shape index (κ1) is 6.26. The number of nitriles is 1. The standard InChI is InChI=1S/C5H4ClN/c1-5(4-7)2-3-6/h2-3H,1H2. The Morgan fingerprint density at radius 1 is 1.86 bits per heavy atom. The van der Waals surface area contributed by atoms with E-state index in [1.165, 1.54) is 11.6 Å². The van der Waals surface area contributed by atoms with Gasteiger partial charge in [0.15, 0.2) is 0 Å². The van der Waals surface area contributed by atoms with E-state index in [4.69, 9.17) is 16.9 Å². The van der Waals surface area contributed by atoms with Crippen LogP contribution in [0.4, 0.5) is 0 Å². The minimum Gasteiger partial charge on any atom is -0.192 e. The maximum absolute atomic E-state index is 8.01. The van der Waals surface area contributed by atoms with Gasteiger partial charge >= 0.3 is 0 Å². The number of rotatable bonds is 1. The van der Waals surface area contributed by atoms with Crippen LogP contribution in [0.15, 0.2) is 23.8 Å². The van der Waals surface area contributed by atoms with Gasteiger partial charge in [-0.3, -0.25) is 0 Å². The molecule has 0 aromatic carbocycles. The van der Waals surface area contributed by atoms with E-state index in [1.807, 2.05) is 0 Å². The summed E-state index contributed by atoms with van der Waals surface area (Å²) in [5, 5.41) is 8.01.